The first-order valence-electron chi connectivity index (χ1n) is 6.42. The number of benzene rings is 1. The summed E-state index contributed by atoms with van der Waals surface area (Å²) in [4.78, 5) is 0. The van der Waals surface area contributed by atoms with Crippen molar-refractivity contribution in [2.45, 2.75) is 32.2 Å². The van der Waals surface area contributed by atoms with Gasteiger partial charge in [-0.05, 0) is 18.6 Å². The van der Waals surface area contributed by atoms with Crippen LogP contribution in [0.3, 0.4) is 0 Å². The highest BCUT2D eigenvalue weighted by molar-refractivity contribution is 5.59. The fourth-order valence-corrected chi connectivity index (χ4v) is 1.76. The molecule has 0 aliphatic rings. The number of unbranched alkanes of at least 4 members (excludes halogenated alkanes) is 1. The lowest BCUT2D eigenvalue weighted by Gasteiger charge is -2.16. The largest absolute Gasteiger partial charge is 0.497 e. The van der Waals surface area contributed by atoms with E-state index in [1.54, 1.807) is 14.2 Å². The van der Waals surface area contributed by atoms with Crippen LogP contribution in [0.1, 0.15) is 26.2 Å². The monoisotopic (exact) mass is 252 g/mol. The molecule has 0 spiro atoms. The molecule has 1 unspecified atom stereocenters. The summed E-state index contributed by atoms with van der Waals surface area (Å²) in [5.41, 5.74) is 6.96. The van der Waals surface area contributed by atoms with Crippen LogP contribution in [0, 0.1) is 0 Å². The van der Waals surface area contributed by atoms with E-state index in [0.717, 1.165) is 36.6 Å². The van der Waals surface area contributed by atoms with Crippen LogP contribution in [0.5, 0.6) is 11.5 Å². The van der Waals surface area contributed by atoms with E-state index in [0.29, 0.717) is 0 Å². The number of nitrogens with one attached hydrogen (secondary N) is 1. The maximum Gasteiger partial charge on any atom is 0.142 e. The van der Waals surface area contributed by atoms with Crippen LogP contribution in [0.25, 0.3) is 0 Å². The number of methoxy groups -OCH3 is 2. The van der Waals surface area contributed by atoms with E-state index in [1.807, 2.05) is 18.2 Å². The van der Waals surface area contributed by atoms with Gasteiger partial charge in [-0.25, -0.2) is 0 Å². The van der Waals surface area contributed by atoms with E-state index in [1.165, 1.54) is 6.42 Å². The van der Waals surface area contributed by atoms with Crippen molar-refractivity contribution < 1.29 is 9.47 Å². The lowest BCUT2D eigenvalue weighted by atomic mass is 10.1. The fourth-order valence-electron chi connectivity index (χ4n) is 1.76. The fraction of sp³-hybridized carbons (Fsp3) is 0.571. The molecule has 0 aromatic heterocycles. The third kappa shape index (κ3) is 4.45. The Balaban J connectivity index is 2.59. The maximum atomic E-state index is 6.04. The van der Waals surface area contributed by atoms with E-state index in [2.05, 4.69) is 12.2 Å². The second-order valence-electron chi connectivity index (χ2n) is 4.35. The average Bonchev–Trinajstić information content (AvgIpc) is 2.42. The van der Waals surface area contributed by atoms with Gasteiger partial charge in [-0.3, -0.25) is 0 Å². The lowest BCUT2D eigenvalue weighted by molar-refractivity contribution is 0.404. The van der Waals surface area contributed by atoms with E-state index >= 15 is 0 Å². The van der Waals surface area contributed by atoms with Gasteiger partial charge in [0.15, 0.2) is 0 Å². The van der Waals surface area contributed by atoms with Gasteiger partial charge < -0.3 is 20.5 Å². The van der Waals surface area contributed by atoms with Crippen molar-refractivity contribution in [3.63, 3.8) is 0 Å². The van der Waals surface area contributed by atoms with Gasteiger partial charge in [0.05, 0.1) is 19.9 Å². The highest BCUT2D eigenvalue weighted by Gasteiger charge is 2.07. The molecule has 1 atom stereocenters. The average molecular weight is 252 g/mol. The van der Waals surface area contributed by atoms with Crippen LogP contribution >= 0.6 is 0 Å². The van der Waals surface area contributed by atoms with Gasteiger partial charge in [-0.1, -0.05) is 19.8 Å². The number of hydrogen-bond donors (Lipinski definition) is 2. The second kappa shape index (κ2) is 7.82. The smallest absolute Gasteiger partial charge is 0.142 e. The van der Waals surface area contributed by atoms with Gasteiger partial charge in [0.1, 0.15) is 11.5 Å². The first-order valence-corrected chi connectivity index (χ1v) is 6.42. The van der Waals surface area contributed by atoms with E-state index in [9.17, 15) is 0 Å². The zero-order chi connectivity index (χ0) is 13.4. The van der Waals surface area contributed by atoms with Crippen molar-refractivity contribution >= 4 is 5.69 Å². The Morgan fingerprint density at radius 3 is 2.67 bits per heavy atom. The van der Waals surface area contributed by atoms with Gasteiger partial charge in [0.25, 0.3) is 0 Å². The molecule has 1 aromatic rings. The molecule has 3 N–H and O–H groups in total. The van der Waals surface area contributed by atoms with Gasteiger partial charge in [0.2, 0.25) is 0 Å². The standard InChI is InChI=1S/C14H24N2O2/c1-4-5-6-11(15)10-16-13-9-12(17-2)7-8-14(13)18-3/h7-9,11,16H,4-6,10,15H2,1-3H3. The quantitative estimate of drug-likeness (QED) is 0.746. The predicted octanol–water partition coefficient (Wildman–Crippen LogP) is 2.63. The molecule has 0 heterocycles. The Morgan fingerprint density at radius 1 is 1.28 bits per heavy atom. The summed E-state index contributed by atoms with van der Waals surface area (Å²) in [5, 5.41) is 3.32. The van der Waals surface area contributed by atoms with Crippen molar-refractivity contribution in [1.82, 2.24) is 0 Å². The predicted molar refractivity (Wildman–Crippen MR) is 75.5 cm³/mol. The SMILES string of the molecule is CCCCC(N)CNc1cc(OC)ccc1OC. The highest BCUT2D eigenvalue weighted by Crippen LogP contribution is 2.28. The van der Waals surface area contributed by atoms with Gasteiger partial charge in [-0.15, -0.1) is 0 Å². The van der Waals surface area contributed by atoms with Crippen molar-refractivity contribution in [2.75, 3.05) is 26.1 Å². The Bertz CT molecular complexity index is 356. The van der Waals surface area contributed by atoms with Gasteiger partial charge in [0, 0.05) is 18.7 Å². The molecule has 0 amide bonds. The van der Waals surface area contributed by atoms with E-state index in [4.69, 9.17) is 15.2 Å². The number of anilines is 1. The molecule has 0 fully saturated rings. The van der Waals surface area contributed by atoms with Crippen LogP contribution < -0.4 is 20.5 Å². The third-order valence-electron chi connectivity index (χ3n) is 2.89. The van der Waals surface area contributed by atoms with Crippen LogP contribution in [0.15, 0.2) is 18.2 Å². The maximum absolute atomic E-state index is 6.04. The second-order valence-corrected chi connectivity index (χ2v) is 4.35. The molecule has 0 saturated heterocycles. The molecule has 1 rings (SSSR count). The molecule has 1 aromatic carbocycles. The molecular weight excluding hydrogens is 228 g/mol. The first kappa shape index (κ1) is 14.6. The molecule has 0 saturated carbocycles. The third-order valence-corrected chi connectivity index (χ3v) is 2.89. The zero-order valence-electron chi connectivity index (χ0n) is 11.5. The Labute approximate surface area is 109 Å². The van der Waals surface area contributed by atoms with Crippen molar-refractivity contribution in [1.29, 1.82) is 0 Å². The summed E-state index contributed by atoms with van der Waals surface area (Å²) in [7, 11) is 3.31. The molecule has 0 radical (unpaired) electrons. The molecule has 102 valence electrons. The highest BCUT2D eigenvalue weighted by atomic mass is 16.5. The molecular formula is C14H24N2O2. The summed E-state index contributed by atoms with van der Waals surface area (Å²) in [6.07, 6.45) is 3.38. The molecule has 4 nitrogen and oxygen atoms in total. The topological polar surface area (TPSA) is 56.5 Å². The minimum atomic E-state index is 0.167. The van der Waals surface area contributed by atoms with Crippen LogP contribution in [0.2, 0.25) is 0 Å². The number of nitrogens with two attached hydrogens (primary N) is 1. The van der Waals surface area contributed by atoms with Gasteiger partial charge in [-0.2, -0.15) is 0 Å². The minimum Gasteiger partial charge on any atom is -0.497 e. The van der Waals surface area contributed by atoms with Crippen molar-refractivity contribution in [3.8, 4) is 11.5 Å². The Hall–Kier alpha value is -1.42. The summed E-state index contributed by atoms with van der Waals surface area (Å²) in [5.74, 6) is 1.61. The van der Waals surface area contributed by atoms with E-state index < -0.39 is 0 Å². The van der Waals surface area contributed by atoms with Crippen LogP contribution in [-0.2, 0) is 0 Å². The minimum absolute atomic E-state index is 0.167. The van der Waals surface area contributed by atoms with E-state index in [-0.39, 0.29) is 6.04 Å². The zero-order valence-corrected chi connectivity index (χ0v) is 11.5. The Morgan fingerprint density at radius 2 is 2.06 bits per heavy atom. The summed E-state index contributed by atoms with van der Waals surface area (Å²) in [6, 6.07) is 5.85. The lowest BCUT2D eigenvalue weighted by Crippen LogP contribution is -2.29. The summed E-state index contributed by atoms with van der Waals surface area (Å²) < 4.78 is 10.5. The number of hydrogen-bond acceptors (Lipinski definition) is 4. The molecule has 4 heteroatoms. The molecule has 0 aliphatic carbocycles. The van der Waals surface area contributed by atoms with Gasteiger partial charge >= 0.3 is 0 Å². The molecule has 0 bridgehead atoms. The van der Waals surface area contributed by atoms with Crippen LogP contribution in [0.4, 0.5) is 5.69 Å². The Kier molecular flexibility index (Phi) is 6.36. The number of ether oxygens (including phenoxy) is 2. The normalized spacial score (nSPS) is 12.0. The molecule has 18 heavy (non-hydrogen) atoms. The number of rotatable bonds is 8. The van der Waals surface area contributed by atoms with Crippen molar-refractivity contribution in [2.24, 2.45) is 5.73 Å². The summed E-state index contributed by atoms with van der Waals surface area (Å²) in [6.45, 7) is 2.91. The first-order chi connectivity index (χ1) is 8.71. The van der Waals surface area contributed by atoms with Crippen LogP contribution in [-0.4, -0.2) is 26.8 Å². The molecule has 0 aliphatic heterocycles. The summed E-state index contributed by atoms with van der Waals surface area (Å²) >= 11 is 0. The van der Waals surface area contributed by atoms with Crippen molar-refractivity contribution in [3.05, 3.63) is 18.2 Å².